The predicted octanol–water partition coefficient (Wildman–Crippen LogP) is 2.08. The Morgan fingerprint density at radius 3 is 2.71 bits per heavy atom. The zero-order valence-corrected chi connectivity index (χ0v) is 17.8. The highest BCUT2D eigenvalue weighted by Gasteiger charge is 2.34. The fraction of sp³-hybridized carbons (Fsp3) is 0.286. The average Bonchev–Trinajstić information content (AvgIpc) is 3.27. The molecule has 1 aliphatic rings. The van der Waals surface area contributed by atoms with Gasteiger partial charge in [-0.3, -0.25) is 9.59 Å². The second-order valence-corrected chi connectivity index (χ2v) is 6.90. The van der Waals surface area contributed by atoms with Gasteiger partial charge in [0.25, 0.3) is 0 Å². The molecule has 0 fully saturated rings. The van der Waals surface area contributed by atoms with Gasteiger partial charge in [-0.2, -0.15) is 5.10 Å². The lowest BCUT2D eigenvalue weighted by Crippen LogP contribution is -2.42. The summed E-state index contributed by atoms with van der Waals surface area (Å²) < 4.78 is 7.10. The van der Waals surface area contributed by atoms with Gasteiger partial charge >= 0.3 is 0 Å². The van der Waals surface area contributed by atoms with E-state index in [4.69, 9.17) is 4.74 Å². The zero-order valence-electron chi connectivity index (χ0n) is 16.9. The molecule has 3 heterocycles. The number of fused-ring (bicyclic) bond motifs is 1. The molecule has 0 aliphatic carbocycles. The molecule has 1 unspecified atom stereocenters. The number of carbonyl (C=O) groups excluding carboxylic acids is 2. The van der Waals surface area contributed by atoms with Crippen molar-refractivity contribution in [2.45, 2.75) is 20.0 Å². The number of nitrogens with one attached hydrogen (secondary N) is 2. The van der Waals surface area contributed by atoms with Crippen LogP contribution in [0.25, 0.3) is 0 Å². The Kier molecular flexibility index (Phi) is 7.19. The second kappa shape index (κ2) is 10.0. The quantitative estimate of drug-likeness (QED) is 0.539. The highest BCUT2D eigenvalue weighted by atomic mass is 35.5. The minimum Gasteiger partial charge on any atom is -0.478 e. The topological polar surface area (TPSA) is 111 Å². The fourth-order valence-corrected chi connectivity index (χ4v) is 3.26. The standard InChI is InChI=1S/C21H22N6O3.ClH/c1-2-30-18-8-7-17-19(26-18)20(28)16(10-23-17)21(29)24-9-14-3-5-15(6-4-14)11-27-13-22-12-25-27;/h3-8,12-13,16,23H,2,9-11H2,1H3,(H,24,29);1H. The number of benzene rings is 1. The molecular formula is C21H23ClN6O3. The number of carbonyl (C=O) groups is 2. The monoisotopic (exact) mass is 442 g/mol. The largest absolute Gasteiger partial charge is 0.478 e. The summed E-state index contributed by atoms with van der Waals surface area (Å²) in [5, 5.41) is 10.0. The molecule has 4 rings (SSSR count). The summed E-state index contributed by atoms with van der Waals surface area (Å²) >= 11 is 0. The first kappa shape index (κ1) is 22.2. The minimum absolute atomic E-state index is 0. The first-order chi connectivity index (χ1) is 14.6. The molecule has 162 valence electrons. The first-order valence-electron chi connectivity index (χ1n) is 9.74. The number of halogens is 1. The normalized spacial score (nSPS) is 14.7. The van der Waals surface area contributed by atoms with Crippen molar-refractivity contribution in [3.63, 3.8) is 0 Å². The van der Waals surface area contributed by atoms with Gasteiger partial charge in [0, 0.05) is 19.2 Å². The molecule has 9 nitrogen and oxygen atoms in total. The van der Waals surface area contributed by atoms with Gasteiger partial charge in [0.2, 0.25) is 11.8 Å². The van der Waals surface area contributed by atoms with E-state index < -0.39 is 5.92 Å². The number of ketones is 1. The van der Waals surface area contributed by atoms with Crippen LogP contribution in [0, 0.1) is 5.92 Å². The van der Waals surface area contributed by atoms with E-state index in [1.165, 1.54) is 6.33 Å². The van der Waals surface area contributed by atoms with Crippen LogP contribution < -0.4 is 15.4 Å². The summed E-state index contributed by atoms with van der Waals surface area (Å²) in [6.45, 7) is 3.51. The SMILES string of the molecule is CCOc1ccc2c(n1)C(=O)C(C(=O)NCc1ccc(Cn3cncn3)cc1)CN2.Cl. The van der Waals surface area contributed by atoms with Gasteiger partial charge in [0.1, 0.15) is 24.3 Å². The van der Waals surface area contributed by atoms with Crippen molar-refractivity contribution in [2.75, 3.05) is 18.5 Å². The molecule has 2 aromatic heterocycles. The van der Waals surface area contributed by atoms with E-state index >= 15 is 0 Å². The third kappa shape index (κ3) is 5.18. The van der Waals surface area contributed by atoms with E-state index in [9.17, 15) is 9.59 Å². The third-order valence-corrected chi connectivity index (χ3v) is 4.83. The molecule has 1 amide bonds. The van der Waals surface area contributed by atoms with Crippen LogP contribution in [-0.4, -0.2) is 44.6 Å². The van der Waals surface area contributed by atoms with Gasteiger partial charge in [0.05, 0.1) is 18.8 Å². The smallest absolute Gasteiger partial charge is 0.233 e. The molecule has 3 aromatic rings. The lowest BCUT2D eigenvalue weighted by Gasteiger charge is -2.23. The molecule has 0 bridgehead atoms. The number of ether oxygens (including phenoxy) is 1. The van der Waals surface area contributed by atoms with Gasteiger partial charge in [-0.15, -0.1) is 12.4 Å². The van der Waals surface area contributed by atoms with Crippen LogP contribution in [0.4, 0.5) is 5.69 Å². The Morgan fingerprint density at radius 1 is 1.23 bits per heavy atom. The van der Waals surface area contributed by atoms with Crippen molar-refractivity contribution in [3.8, 4) is 5.88 Å². The first-order valence-corrected chi connectivity index (χ1v) is 9.74. The van der Waals surface area contributed by atoms with Crippen LogP contribution >= 0.6 is 12.4 Å². The van der Waals surface area contributed by atoms with Gasteiger partial charge in [0.15, 0.2) is 5.78 Å². The molecule has 10 heteroatoms. The van der Waals surface area contributed by atoms with Crippen molar-refractivity contribution in [3.05, 3.63) is 65.9 Å². The van der Waals surface area contributed by atoms with Gasteiger partial charge < -0.3 is 15.4 Å². The number of hydrogen-bond donors (Lipinski definition) is 2. The van der Waals surface area contributed by atoms with Gasteiger partial charge in [-0.05, 0) is 24.1 Å². The van der Waals surface area contributed by atoms with Crippen molar-refractivity contribution in [1.29, 1.82) is 0 Å². The molecule has 0 spiro atoms. The van der Waals surface area contributed by atoms with E-state index in [0.717, 1.165) is 11.1 Å². The molecule has 0 radical (unpaired) electrons. The number of anilines is 1. The van der Waals surface area contributed by atoms with Crippen molar-refractivity contribution in [1.82, 2.24) is 25.1 Å². The molecule has 1 aliphatic heterocycles. The lowest BCUT2D eigenvalue weighted by molar-refractivity contribution is -0.123. The molecule has 31 heavy (non-hydrogen) atoms. The number of nitrogens with zero attached hydrogens (tertiary/aromatic N) is 4. The Morgan fingerprint density at radius 2 is 2.00 bits per heavy atom. The average molecular weight is 443 g/mol. The minimum atomic E-state index is -0.825. The van der Waals surface area contributed by atoms with Crippen molar-refractivity contribution < 1.29 is 14.3 Å². The van der Waals surface area contributed by atoms with E-state index in [1.54, 1.807) is 23.1 Å². The number of aromatic nitrogens is 4. The third-order valence-electron chi connectivity index (χ3n) is 4.83. The van der Waals surface area contributed by atoms with E-state index in [1.807, 2.05) is 31.2 Å². The number of Topliss-reactive ketones (excluding diaryl/α,β-unsaturated/α-hetero) is 1. The van der Waals surface area contributed by atoms with Crippen molar-refractivity contribution >= 4 is 29.8 Å². The van der Waals surface area contributed by atoms with Crippen LogP contribution in [0.15, 0.2) is 49.1 Å². The molecule has 1 aromatic carbocycles. The molecular weight excluding hydrogens is 420 g/mol. The predicted molar refractivity (Wildman–Crippen MR) is 116 cm³/mol. The van der Waals surface area contributed by atoms with Gasteiger partial charge in [-0.25, -0.2) is 14.6 Å². The van der Waals surface area contributed by atoms with E-state index in [-0.39, 0.29) is 36.3 Å². The second-order valence-electron chi connectivity index (χ2n) is 6.90. The van der Waals surface area contributed by atoms with Crippen LogP contribution in [-0.2, 0) is 17.9 Å². The number of rotatable bonds is 7. The van der Waals surface area contributed by atoms with Crippen molar-refractivity contribution in [2.24, 2.45) is 5.92 Å². The molecule has 0 saturated carbocycles. The van der Waals surface area contributed by atoms with E-state index in [2.05, 4.69) is 25.7 Å². The summed E-state index contributed by atoms with van der Waals surface area (Å²) in [5.74, 6) is -1.08. The highest BCUT2D eigenvalue weighted by Crippen LogP contribution is 2.25. The Labute approximate surface area is 185 Å². The van der Waals surface area contributed by atoms with Crippen LogP contribution in [0.2, 0.25) is 0 Å². The van der Waals surface area contributed by atoms with Crippen LogP contribution in [0.1, 0.15) is 28.5 Å². The zero-order chi connectivity index (χ0) is 20.9. The summed E-state index contributed by atoms with van der Waals surface area (Å²) in [7, 11) is 0. The summed E-state index contributed by atoms with van der Waals surface area (Å²) in [4.78, 5) is 33.6. The number of amides is 1. The Hall–Kier alpha value is -3.46. The van der Waals surface area contributed by atoms with Crippen LogP contribution in [0.5, 0.6) is 5.88 Å². The Balaban J connectivity index is 0.00000272. The Bertz CT molecular complexity index is 1040. The molecule has 1 atom stereocenters. The number of hydrogen-bond acceptors (Lipinski definition) is 7. The summed E-state index contributed by atoms with van der Waals surface area (Å²) in [6, 6.07) is 11.3. The fourth-order valence-electron chi connectivity index (χ4n) is 3.26. The lowest BCUT2D eigenvalue weighted by atomic mass is 9.95. The molecule has 2 N–H and O–H groups in total. The maximum atomic E-state index is 12.8. The maximum absolute atomic E-state index is 12.8. The number of pyridine rings is 1. The van der Waals surface area contributed by atoms with E-state index in [0.29, 0.717) is 31.3 Å². The van der Waals surface area contributed by atoms with Crippen LogP contribution in [0.3, 0.4) is 0 Å². The van der Waals surface area contributed by atoms with Gasteiger partial charge in [-0.1, -0.05) is 24.3 Å². The highest BCUT2D eigenvalue weighted by molar-refractivity contribution is 6.13. The maximum Gasteiger partial charge on any atom is 0.233 e. The molecule has 0 saturated heterocycles. The summed E-state index contributed by atoms with van der Waals surface area (Å²) in [6.07, 6.45) is 3.16. The summed E-state index contributed by atoms with van der Waals surface area (Å²) in [5.41, 5.74) is 2.88.